The fourth-order valence-electron chi connectivity index (χ4n) is 2.12. The number of thiocarbonyl (C=S) groups is 1. The summed E-state index contributed by atoms with van der Waals surface area (Å²) in [4.78, 5) is 23.7. The molecule has 0 heterocycles. The van der Waals surface area contributed by atoms with Crippen LogP contribution in [0, 0.1) is 0 Å². The number of hydrogen-bond donors (Lipinski definition) is 3. The van der Waals surface area contributed by atoms with Gasteiger partial charge in [-0.05, 0) is 76.0 Å². The van der Waals surface area contributed by atoms with E-state index in [-0.39, 0.29) is 11.7 Å². The largest absolute Gasteiger partial charge is 0.483 e. The van der Waals surface area contributed by atoms with Crippen molar-refractivity contribution in [1.29, 1.82) is 0 Å². The highest BCUT2D eigenvalue weighted by Crippen LogP contribution is 2.26. The van der Waals surface area contributed by atoms with Gasteiger partial charge < -0.3 is 4.74 Å². The van der Waals surface area contributed by atoms with Gasteiger partial charge in [0.25, 0.3) is 5.91 Å². The molecule has 0 spiro atoms. The summed E-state index contributed by atoms with van der Waals surface area (Å²) < 4.78 is 6.23. The molecule has 2 aromatic carbocycles. The van der Waals surface area contributed by atoms with Gasteiger partial charge in [-0.2, -0.15) is 0 Å². The summed E-state index contributed by atoms with van der Waals surface area (Å²) in [5.74, 6) is -0.340. The van der Waals surface area contributed by atoms with Crippen LogP contribution in [0.2, 0.25) is 5.02 Å². The van der Waals surface area contributed by atoms with Crippen LogP contribution in [0.15, 0.2) is 53.0 Å². The Morgan fingerprint density at radius 1 is 1.17 bits per heavy atom. The standard InChI is InChI=1S/C20H19BrClN3O3S/c1-2-13-5-9-17(16(21)11-13)28-12-19(27)24-25-20(29)23-18(26)10-6-14-3-7-15(22)8-4-14/h3-11H,2,12H2,1H3,(H,24,27)(H2,23,25,26,29)/b10-6+. The SMILES string of the molecule is CCc1ccc(OCC(=O)NNC(=S)NC(=O)/C=C/c2ccc(Cl)cc2)c(Br)c1. The molecule has 2 amide bonds. The van der Waals surface area contributed by atoms with Crippen LogP contribution in [0.25, 0.3) is 6.08 Å². The van der Waals surface area contributed by atoms with Crippen molar-refractivity contribution in [3.8, 4) is 5.75 Å². The van der Waals surface area contributed by atoms with Crippen molar-refractivity contribution in [2.24, 2.45) is 0 Å². The van der Waals surface area contributed by atoms with E-state index in [4.69, 9.17) is 28.6 Å². The molecule has 0 fully saturated rings. The molecule has 0 aromatic heterocycles. The third-order valence-electron chi connectivity index (χ3n) is 3.61. The summed E-state index contributed by atoms with van der Waals surface area (Å²) >= 11 is 14.2. The van der Waals surface area contributed by atoms with Gasteiger partial charge >= 0.3 is 0 Å². The second-order valence-corrected chi connectivity index (χ2v) is 7.48. The zero-order valence-corrected chi connectivity index (χ0v) is 18.7. The van der Waals surface area contributed by atoms with E-state index in [1.54, 1.807) is 36.4 Å². The number of carbonyl (C=O) groups is 2. The van der Waals surface area contributed by atoms with E-state index in [9.17, 15) is 9.59 Å². The number of nitrogens with one attached hydrogen (secondary N) is 3. The lowest BCUT2D eigenvalue weighted by molar-refractivity contribution is -0.123. The Morgan fingerprint density at radius 2 is 1.90 bits per heavy atom. The Balaban J connectivity index is 1.71. The molecular formula is C20H19BrClN3O3S. The highest BCUT2D eigenvalue weighted by Gasteiger charge is 2.07. The Bertz CT molecular complexity index is 920. The average Bonchev–Trinajstić information content (AvgIpc) is 2.70. The number of benzene rings is 2. The summed E-state index contributed by atoms with van der Waals surface area (Å²) in [6.45, 7) is 1.83. The van der Waals surface area contributed by atoms with Crippen molar-refractivity contribution in [3.05, 3.63) is 69.2 Å². The lowest BCUT2D eigenvalue weighted by Gasteiger charge is -2.11. The maximum Gasteiger partial charge on any atom is 0.276 e. The van der Waals surface area contributed by atoms with Crippen LogP contribution >= 0.6 is 39.7 Å². The van der Waals surface area contributed by atoms with E-state index in [1.807, 2.05) is 12.1 Å². The Labute approximate surface area is 187 Å². The number of rotatable bonds is 6. The number of aryl methyl sites for hydroxylation is 1. The lowest BCUT2D eigenvalue weighted by Crippen LogP contribution is -2.49. The Morgan fingerprint density at radius 3 is 2.55 bits per heavy atom. The molecule has 3 N–H and O–H groups in total. The maximum absolute atomic E-state index is 11.9. The van der Waals surface area contributed by atoms with Gasteiger partial charge in [-0.3, -0.25) is 25.8 Å². The molecule has 0 bridgehead atoms. The minimum absolute atomic E-state index is 0.0439. The molecule has 0 atom stereocenters. The first-order chi connectivity index (χ1) is 13.9. The van der Waals surface area contributed by atoms with E-state index in [1.165, 1.54) is 6.08 Å². The summed E-state index contributed by atoms with van der Waals surface area (Å²) in [6.07, 6.45) is 3.84. The first-order valence-corrected chi connectivity index (χ1v) is 10.2. The maximum atomic E-state index is 11.9. The zero-order chi connectivity index (χ0) is 21.2. The first kappa shape index (κ1) is 22.9. The van der Waals surface area contributed by atoms with E-state index in [0.29, 0.717) is 10.8 Å². The van der Waals surface area contributed by atoms with Gasteiger partial charge in [-0.25, -0.2) is 0 Å². The van der Waals surface area contributed by atoms with Crippen molar-refractivity contribution >= 4 is 62.8 Å². The lowest BCUT2D eigenvalue weighted by atomic mass is 10.2. The van der Waals surface area contributed by atoms with Gasteiger partial charge in [-0.15, -0.1) is 0 Å². The molecule has 152 valence electrons. The van der Waals surface area contributed by atoms with Crippen molar-refractivity contribution in [1.82, 2.24) is 16.2 Å². The van der Waals surface area contributed by atoms with Gasteiger partial charge in [0.15, 0.2) is 11.7 Å². The van der Waals surface area contributed by atoms with Crippen LogP contribution in [0.1, 0.15) is 18.1 Å². The van der Waals surface area contributed by atoms with Crippen molar-refractivity contribution in [2.75, 3.05) is 6.61 Å². The molecule has 0 unspecified atom stereocenters. The molecule has 9 heteroatoms. The molecule has 6 nitrogen and oxygen atoms in total. The van der Waals surface area contributed by atoms with Gasteiger partial charge in [-0.1, -0.05) is 36.7 Å². The normalized spacial score (nSPS) is 10.4. The van der Waals surface area contributed by atoms with Gasteiger partial charge in [0, 0.05) is 11.1 Å². The highest BCUT2D eigenvalue weighted by molar-refractivity contribution is 9.10. The molecule has 0 saturated carbocycles. The molecule has 0 aliphatic carbocycles. The van der Waals surface area contributed by atoms with Crippen LogP contribution in [0.5, 0.6) is 5.75 Å². The van der Waals surface area contributed by atoms with E-state index in [2.05, 4.69) is 39.0 Å². The van der Waals surface area contributed by atoms with Crippen LogP contribution in [-0.4, -0.2) is 23.5 Å². The third-order valence-corrected chi connectivity index (χ3v) is 4.69. The topological polar surface area (TPSA) is 79.5 Å². The van der Waals surface area contributed by atoms with E-state index >= 15 is 0 Å². The van der Waals surface area contributed by atoms with Crippen molar-refractivity contribution in [3.63, 3.8) is 0 Å². The smallest absolute Gasteiger partial charge is 0.276 e. The molecule has 0 saturated heterocycles. The Kier molecular flexibility index (Phi) is 9.11. The molecular weight excluding hydrogens is 478 g/mol. The number of halogens is 2. The summed E-state index contributed by atoms with van der Waals surface area (Å²) in [5, 5.41) is 2.99. The van der Waals surface area contributed by atoms with Crippen molar-refractivity contribution < 1.29 is 14.3 Å². The highest BCUT2D eigenvalue weighted by atomic mass is 79.9. The molecule has 29 heavy (non-hydrogen) atoms. The number of hydrazine groups is 1. The predicted molar refractivity (Wildman–Crippen MR) is 122 cm³/mol. The summed E-state index contributed by atoms with van der Waals surface area (Å²) in [5.41, 5.74) is 6.77. The number of hydrogen-bond acceptors (Lipinski definition) is 4. The summed E-state index contributed by atoms with van der Waals surface area (Å²) in [6, 6.07) is 12.7. The number of carbonyl (C=O) groups excluding carboxylic acids is 2. The van der Waals surface area contributed by atoms with E-state index in [0.717, 1.165) is 22.0 Å². The average molecular weight is 497 g/mol. The Hall–Kier alpha value is -2.42. The minimum atomic E-state index is -0.454. The first-order valence-electron chi connectivity index (χ1n) is 8.62. The van der Waals surface area contributed by atoms with Crippen LogP contribution in [-0.2, 0) is 16.0 Å². The van der Waals surface area contributed by atoms with E-state index < -0.39 is 11.8 Å². The van der Waals surface area contributed by atoms with Gasteiger partial charge in [0.1, 0.15) is 5.75 Å². The number of amides is 2. The molecule has 0 aliphatic rings. The molecule has 0 radical (unpaired) electrons. The molecule has 2 rings (SSSR count). The molecule has 0 aliphatic heterocycles. The predicted octanol–water partition coefficient (Wildman–Crippen LogP) is 3.78. The molecule has 2 aromatic rings. The zero-order valence-electron chi connectivity index (χ0n) is 15.5. The second kappa shape index (κ2) is 11.5. The van der Waals surface area contributed by atoms with Crippen LogP contribution in [0.4, 0.5) is 0 Å². The van der Waals surface area contributed by atoms with Gasteiger partial charge in [0.05, 0.1) is 4.47 Å². The van der Waals surface area contributed by atoms with Crippen LogP contribution in [0.3, 0.4) is 0 Å². The minimum Gasteiger partial charge on any atom is -0.483 e. The van der Waals surface area contributed by atoms with Gasteiger partial charge in [0.2, 0.25) is 5.91 Å². The monoisotopic (exact) mass is 495 g/mol. The fourth-order valence-corrected chi connectivity index (χ4v) is 2.94. The van der Waals surface area contributed by atoms with Crippen LogP contribution < -0.4 is 20.9 Å². The third kappa shape index (κ3) is 8.23. The number of ether oxygens (including phenoxy) is 1. The fraction of sp³-hybridized carbons (Fsp3) is 0.150. The second-order valence-electron chi connectivity index (χ2n) is 5.78. The summed E-state index contributed by atoms with van der Waals surface area (Å²) in [7, 11) is 0. The quantitative estimate of drug-likeness (QED) is 0.322. The van der Waals surface area contributed by atoms with Crippen molar-refractivity contribution in [2.45, 2.75) is 13.3 Å².